The number of rotatable bonds is 6. The molecule has 1 rings (SSSR count). The molecule has 94 valence electrons. The van der Waals surface area contributed by atoms with Gasteiger partial charge in [-0.3, -0.25) is 4.98 Å². The van der Waals surface area contributed by atoms with Gasteiger partial charge in [0.15, 0.2) is 5.69 Å². The maximum Gasteiger partial charge on any atom is 0.358 e. The second-order valence-electron chi connectivity index (χ2n) is 3.61. The number of aromatic nitrogens is 2. The van der Waals surface area contributed by atoms with E-state index < -0.39 is 5.97 Å². The molecular formula is C11H17N3O2S. The van der Waals surface area contributed by atoms with Crippen LogP contribution in [0.5, 0.6) is 0 Å². The molecule has 0 aliphatic heterocycles. The van der Waals surface area contributed by atoms with E-state index in [1.54, 1.807) is 18.0 Å². The summed E-state index contributed by atoms with van der Waals surface area (Å²) in [6.45, 7) is 2.07. The van der Waals surface area contributed by atoms with E-state index in [0.717, 1.165) is 12.2 Å². The van der Waals surface area contributed by atoms with Crippen LogP contribution in [0.4, 0.5) is 5.82 Å². The molecule has 1 unspecified atom stereocenters. The maximum absolute atomic E-state index is 11.3. The molecule has 0 aliphatic rings. The molecule has 1 aromatic rings. The lowest BCUT2D eigenvalue weighted by atomic mass is 10.2. The Morgan fingerprint density at radius 3 is 3.00 bits per heavy atom. The van der Waals surface area contributed by atoms with E-state index in [2.05, 4.69) is 33.2 Å². The van der Waals surface area contributed by atoms with Crippen molar-refractivity contribution in [3.8, 4) is 0 Å². The molecule has 1 N–H and O–H groups in total. The van der Waals surface area contributed by atoms with Gasteiger partial charge in [0.25, 0.3) is 0 Å². The van der Waals surface area contributed by atoms with Crippen LogP contribution in [0.1, 0.15) is 23.8 Å². The Bertz CT molecular complexity index is 373. The summed E-state index contributed by atoms with van der Waals surface area (Å²) < 4.78 is 4.59. The summed E-state index contributed by atoms with van der Waals surface area (Å²) >= 11 is 1.80. The highest BCUT2D eigenvalue weighted by Gasteiger charge is 2.09. The molecule has 5 nitrogen and oxygen atoms in total. The SMILES string of the molecule is COC(=O)c1cncc(NC(C)CCSC)n1. The van der Waals surface area contributed by atoms with E-state index in [1.807, 2.05) is 0 Å². The first-order valence-electron chi connectivity index (χ1n) is 5.33. The quantitative estimate of drug-likeness (QED) is 0.782. The largest absolute Gasteiger partial charge is 0.464 e. The summed E-state index contributed by atoms with van der Waals surface area (Å²) in [6, 6.07) is 0.296. The second kappa shape index (κ2) is 7.11. The molecule has 0 aromatic carbocycles. The summed E-state index contributed by atoms with van der Waals surface area (Å²) in [5, 5.41) is 3.20. The van der Waals surface area contributed by atoms with Gasteiger partial charge in [-0.05, 0) is 25.4 Å². The third kappa shape index (κ3) is 4.60. The van der Waals surface area contributed by atoms with Gasteiger partial charge < -0.3 is 10.1 Å². The predicted octanol–water partition coefficient (Wildman–Crippen LogP) is 1.82. The van der Waals surface area contributed by atoms with E-state index >= 15 is 0 Å². The zero-order valence-corrected chi connectivity index (χ0v) is 11.1. The minimum absolute atomic E-state index is 0.217. The average Bonchev–Trinajstić information content (AvgIpc) is 2.35. The third-order valence-electron chi connectivity index (χ3n) is 2.18. The van der Waals surface area contributed by atoms with Crippen LogP contribution in [0.3, 0.4) is 0 Å². The van der Waals surface area contributed by atoms with Crippen LogP contribution in [0.25, 0.3) is 0 Å². The first-order chi connectivity index (χ1) is 8.17. The van der Waals surface area contributed by atoms with Crippen molar-refractivity contribution in [1.82, 2.24) is 9.97 Å². The average molecular weight is 255 g/mol. The van der Waals surface area contributed by atoms with E-state index in [9.17, 15) is 4.79 Å². The Labute approximate surface area is 105 Å². The number of carbonyl (C=O) groups is 1. The standard InChI is InChI=1S/C11H17N3O2S/c1-8(4-5-17-3)13-10-7-12-6-9(14-10)11(15)16-2/h6-8H,4-5H2,1-3H3,(H,13,14). The van der Waals surface area contributed by atoms with Crippen LogP contribution >= 0.6 is 11.8 Å². The Kier molecular flexibility index (Phi) is 5.76. The molecular weight excluding hydrogens is 238 g/mol. The minimum atomic E-state index is -0.474. The highest BCUT2D eigenvalue weighted by Crippen LogP contribution is 2.08. The Hall–Kier alpha value is -1.30. The number of hydrogen-bond donors (Lipinski definition) is 1. The van der Waals surface area contributed by atoms with Gasteiger partial charge in [-0.25, -0.2) is 9.78 Å². The topological polar surface area (TPSA) is 64.1 Å². The van der Waals surface area contributed by atoms with Crippen molar-refractivity contribution in [2.24, 2.45) is 0 Å². The number of anilines is 1. The summed E-state index contributed by atoms with van der Waals surface area (Å²) in [5.74, 6) is 1.21. The van der Waals surface area contributed by atoms with Crippen LogP contribution < -0.4 is 5.32 Å². The molecule has 0 spiro atoms. The van der Waals surface area contributed by atoms with Gasteiger partial charge >= 0.3 is 5.97 Å². The van der Waals surface area contributed by atoms with Crippen LogP contribution in [-0.2, 0) is 4.74 Å². The fourth-order valence-electron chi connectivity index (χ4n) is 1.26. The Balaban J connectivity index is 2.62. The van der Waals surface area contributed by atoms with Crippen LogP contribution in [-0.4, -0.2) is 41.1 Å². The zero-order chi connectivity index (χ0) is 12.7. The van der Waals surface area contributed by atoms with E-state index in [4.69, 9.17) is 0 Å². The van der Waals surface area contributed by atoms with Crippen molar-refractivity contribution in [3.05, 3.63) is 18.1 Å². The normalized spacial score (nSPS) is 11.9. The van der Waals surface area contributed by atoms with Gasteiger partial charge in [0, 0.05) is 6.04 Å². The second-order valence-corrected chi connectivity index (χ2v) is 4.59. The van der Waals surface area contributed by atoms with E-state index in [-0.39, 0.29) is 5.69 Å². The van der Waals surface area contributed by atoms with Crippen LogP contribution in [0.2, 0.25) is 0 Å². The lowest BCUT2D eigenvalue weighted by Crippen LogP contribution is -2.18. The first-order valence-corrected chi connectivity index (χ1v) is 6.72. The van der Waals surface area contributed by atoms with Crippen molar-refractivity contribution in [1.29, 1.82) is 0 Å². The monoisotopic (exact) mass is 255 g/mol. The number of methoxy groups -OCH3 is 1. The first kappa shape index (κ1) is 13.8. The number of nitrogens with zero attached hydrogens (tertiary/aromatic N) is 2. The molecule has 0 aliphatic carbocycles. The predicted molar refractivity (Wildman–Crippen MR) is 69.5 cm³/mol. The Morgan fingerprint density at radius 1 is 1.59 bits per heavy atom. The summed E-state index contributed by atoms with van der Waals surface area (Å²) in [5.41, 5.74) is 0.217. The molecule has 1 heterocycles. The number of ether oxygens (including phenoxy) is 1. The highest BCUT2D eigenvalue weighted by molar-refractivity contribution is 7.98. The molecule has 0 fully saturated rings. The molecule has 0 saturated carbocycles. The number of carbonyl (C=O) groups excluding carboxylic acids is 1. The van der Waals surface area contributed by atoms with Gasteiger partial charge in [-0.15, -0.1) is 0 Å². The Morgan fingerprint density at radius 2 is 2.35 bits per heavy atom. The third-order valence-corrected chi connectivity index (χ3v) is 2.82. The molecule has 0 bridgehead atoms. The molecule has 1 aromatic heterocycles. The fourth-order valence-corrected chi connectivity index (χ4v) is 1.85. The van der Waals surface area contributed by atoms with Gasteiger partial charge in [0.05, 0.1) is 19.5 Å². The van der Waals surface area contributed by atoms with Crippen LogP contribution in [0.15, 0.2) is 12.4 Å². The van der Waals surface area contributed by atoms with Crippen molar-refractivity contribution in [2.45, 2.75) is 19.4 Å². The zero-order valence-electron chi connectivity index (χ0n) is 10.3. The van der Waals surface area contributed by atoms with Crippen molar-refractivity contribution < 1.29 is 9.53 Å². The summed E-state index contributed by atoms with van der Waals surface area (Å²) in [7, 11) is 1.32. The molecule has 0 amide bonds. The lowest BCUT2D eigenvalue weighted by Gasteiger charge is -2.13. The van der Waals surface area contributed by atoms with Gasteiger partial charge in [0.2, 0.25) is 0 Å². The minimum Gasteiger partial charge on any atom is -0.464 e. The van der Waals surface area contributed by atoms with Gasteiger partial charge in [0.1, 0.15) is 5.82 Å². The number of thioether (sulfide) groups is 1. The molecule has 6 heteroatoms. The van der Waals surface area contributed by atoms with E-state index in [0.29, 0.717) is 11.9 Å². The van der Waals surface area contributed by atoms with Gasteiger partial charge in [-0.1, -0.05) is 0 Å². The van der Waals surface area contributed by atoms with Crippen molar-refractivity contribution >= 4 is 23.5 Å². The molecule has 1 atom stereocenters. The number of hydrogen-bond acceptors (Lipinski definition) is 6. The van der Waals surface area contributed by atoms with Crippen LogP contribution in [0, 0.1) is 0 Å². The highest BCUT2D eigenvalue weighted by atomic mass is 32.2. The summed E-state index contributed by atoms with van der Waals surface area (Å²) in [6.07, 6.45) is 6.10. The summed E-state index contributed by atoms with van der Waals surface area (Å²) in [4.78, 5) is 19.4. The number of nitrogens with one attached hydrogen (secondary N) is 1. The smallest absolute Gasteiger partial charge is 0.358 e. The fraction of sp³-hybridized carbons (Fsp3) is 0.545. The van der Waals surface area contributed by atoms with Crippen molar-refractivity contribution in [3.63, 3.8) is 0 Å². The number of esters is 1. The van der Waals surface area contributed by atoms with E-state index in [1.165, 1.54) is 13.3 Å². The molecule has 17 heavy (non-hydrogen) atoms. The molecule has 0 saturated heterocycles. The lowest BCUT2D eigenvalue weighted by molar-refractivity contribution is 0.0593. The van der Waals surface area contributed by atoms with Crippen molar-refractivity contribution in [2.75, 3.05) is 24.4 Å². The molecule has 0 radical (unpaired) electrons. The van der Waals surface area contributed by atoms with Gasteiger partial charge in [-0.2, -0.15) is 11.8 Å². The maximum atomic E-state index is 11.3.